The third kappa shape index (κ3) is 4.90. The van der Waals surface area contributed by atoms with Gasteiger partial charge in [0, 0.05) is 43.3 Å². The van der Waals surface area contributed by atoms with Crippen molar-refractivity contribution in [1.82, 2.24) is 29.0 Å². The summed E-state index contributed by atoms with van der Waals surface area (Å²) in [7, 11) is 3.59. The molecule has 0 unspecified atom stereocenters. The molecule has 1 aliphatic rings. The Kier molecular flexibility index (Phi) is 6.85. The van der Waals surface area contributed by atoms with E-state index in [0.29, 0.717) is 5.52 Å². The fourth-order valence-corrected chi connectivity index (χ4v) is 6.27. The molecule has 6 aromatic rings. The van der Waals surface area contributed by atoms with E-state index in [1.165, 1.54) is 0 Å². The Balaban J connectivity index is 1.17. The summed E-state index contributed by atoms with van der Waals surface area (Å²) in [5.41, 5.74) is 6.48. The number of benzene rings is 2. The minimum Gasteiger partial charge on any atom is -0.445 e. The molecule has 0 N–H and O–H groups in total. The van der Waals surface area contributed by atoms with E-state index in [9.17, 15) is 9.59 Å². The Labute approximate surface area is 248 Å². The van der Waals surface area contributed by atoms with Crippen molar-refractivity contribution in [2.24, 2.45) is 7.05 Å². The second kappa shape index (κ2) is 11.0. The maximum atomic E-state index is 13.7. The van der Waals surface area contributed by atoms with Gasteiger partial charge in [-0.05, 0) is 55.5 Å². The molecule has 7 rings (SSSR count). The molecule has 2 aromatic carbocycles. The molecule has 0 atom stereocenters. The van der Waals surface area contributed by atoms with E-state index in [1.54, 1.807) is 29.8 Å². The number of hydrogen-bond donors (Lipinski definition) is 0. The first-order valence-corrected chi connectivity index (χ1v) is 14.6. The molecule has 0 spiro atoms. The highest BCUT2D eigenvalue weighted by molar-refractivity contribution is 6.00. The van der Waals surface area contributed by atoms with Crippen molar-refractivity contribution < 1.29 is 9.53 Å². The van der Waals surface area contributed by atoms with Crippen molar-refractivity contribution in [2.45, 2.75) is 44.4 Å². The summed E-state index contributed by atoms with van der Waals surface area (Å²) >= 11 is 0. The van der Waals surface area contributed by atoms with Crippen molar-refractivity contribution in [3.05, 3.63) is 101 Å². The van der Waals surface area contributed by atoms with E-state index in [4.69, 9.17) is 9.72 Å². The molecule has 0 aliphatic heterocycles. The molecule has 43 heavy (non-hydrogen) atoms. The normalized spacial score (nSPS) is 17.0. The average Bonchev–Trinajstić information content (AvgIpc) is 3.32. The van der Waals surface area contributed by atoms with Gasteiger partial charge in [-0.1, -0.05) is 48.5 Å². The molecule has 1 fully saturated rings. The summed E-state index contributed by atoms with van der Waals surface area (Å²) in [6.45, 7) is 0.246. The van der Waals surface area contributed by atoms with Crippen LogP contribution >= 0.6 is 0 Å². The van der Waals surface area contributed by atoms with Crippen LogP contribution in [0.5, 0.6) is 0 Å². The van der Waals surface area contributed by atoms with Crippen LogP contribution in [0.3, 0.4) is 0 Å². The smallest absolute Gasteiger partial charge is 0.410 e. The molecule has 1 saturated carbocycles. The van der Waals surface area contributed by atoms with E-state index < -0.39 is 0 Å². The van der Waals surface area contributed by atoms with Crippen LogP contribution in [0.25, 0.3) is 44.2 Å². The lowest BCUT2D eigenvalue weighted by molar-refractivity contribution is 0.0797. The van der Waals surface area contributed by atoms with Crippen LogP contribution in [0, 0.1) is 0 Å². The number of carbonyl (C=O) groups excluding carboxylic acids is 1. The summed E-state index contributed by atoms with van der Waals surface area (Å²) in [6, 6.07) is 23.7. The van der Waals surface area contributed by atoms with Gasteiger partial charge in [-0.3, -0.25) is 19.1 Å². The fourth-order valence-electron chi connectivity index (χ4n) is 6.27. The Bertz CT molecular complexity index is 2030. The standard InChI is InChI=1S/C34H32N6O3/c1-38(34(42)43-21-22-8-4-3-5-9-22)25-12-14-26(15-13-25)40-32-30(39(2)33(40)41)20-36-29-17-16-28(37-31(29)32)24-18-23-10-6-7-11-27(23)35-19-24/h3-11,16-20,25-26H,12-15,21H2,1-2H3/t25-,26-. The molecule has 4 aromatic heterocycles. The van der Waals surface area contributed by atoms with Gasteiger partial charge in [-0.2, -0.15) is 0 Å². The van der Waals surface area contributed by atoms with Crippen molar-refractivity contribution >= 4 is 39.1 Å². The van der Waals surface area contributed by atoms with E-state index in [-0.39, 0.29) is 30.5 Å². The number of imidazole rings is 1. The Morgan fingerprint density at radius 3 is 2.49 bits per heavy atom. The Morgan fingerprint density at radius 2 is 1.67 bits per heavy atom. The van der Waals surface area contributed by atoms with Gasteiger partial charge in [0.15, 0.2) is 0 Å². The maximum absolute atomic E-state index is 13.7. The molecule has 1 aliphatic carbocycles. The molecule has 216 valence electrons. The molecule has 4 heterocycles. The van der Waals surface area contributed by atoms with E-state index in [2.05, 4.69) is 16.0 Å². The van der Waals surface area contributed by atoms with Gasteiger partial charge >= 0.3 is 11.8 Å². The third-order valence-electron chi connectivity index (χ3n) is 8.72. The number of pyridine rings is 3. The van der Waals surface area contributed by atoms with Crippen LogP contribution in [0.2, 0.25) is 0 Å². The van der Waals surface area contributed by atoms with Gasteiger partial charge in [0.25, 0.3) is 0 Å². The topological polar surface area (TPSA) is 95.1 Å². The monoisotopic (exact) mass is 572 g/mol. The quantitative estimate of drug-likeness (QED) is 0.242. The summed E-state index contributed by atoms with van der Waals surface area (Å²) in [4.78, 5) is 42.5. The van der Waals surface area contributed by atoms with Gasteiger partial charge in [-0.15, -0.1) is 0 Å². The van der Waals surface area contributed by atoms with Crippen molar-refractivity contribution in [2.75, 3.05) is 7.05 Å². The second-order valence-electron chi connectivity index (χ2n) is 11.3. The Morgan fingerprint density at radius 1 is 0.930 bits per heavy atom. The Hall–Kier alpha value is -5.05. The molecule has 0 radical (unpaired) electrons. The number of hydrogen-bond acceptors (Lipinski definition) is 6. The number of ether oxygens (including phenoxy) is 1. The highest BCUT2D eigenvalue weighted by Gasteiger charge is 2.31. The third-order valence-corrected chi connectivity index (χ3v) is 8.72. The number of rotatable bonds is 5. The molecule has 1 amide bonds. The first kappa shape index (κ1) is 26.8. The molecular formula is C34H32N6O3. The average molecular weight is 573 g/mol. The van der Waals surface area contributed by atoms with Crippen molar-refractivity contribution in [3.8, 4) is 11.3 Å². The number of para-hydroxylation sites is 1. The number of fused-ring (bicyclic) bond motifs is 4. The van der Waals surface area contributed by atoms with Gasteiger partial charge in [0.2, 0.25) is 0 Å². The maximum Gasteiger partial charge on any atom is 0.410 e. The van der Waals surface area contributed by atoms with Crippen molar-refractivity contribution in [1.29, 1.82) is 0 Å². The van der Waals surface area contributed by atoms with Gasteiger partial charge in [0.1, 0.15) is 12.1 Å². The first-order valence-electron chi connectivity index (χ1n) is 14.6. The highest BCUT2D eigenvalue weighted by atomic mass is 16.6. The van der Waals surface area contributed by atoms with Crippen LogP contribution < -0.4 is 5.69 Å². The molecule has 9 heteroatoms. The molecule has 0 saturated heterocycles. The lowest BCUT2D eigenvalue weighted by atomic mass is 9.90. The van der Waals surface area contributed by atoms with E-state index in [0.717, 1.165) is 70.0 Å². The first-order chi connectivity index (χ1) is 21.0. The number of aromatic nitrogens is 5. The number of aryl methyl sites for hydroxylation is 1. The second-order valence-corrected chi connectivity index (χ2v) is 11.3. The summed E-state index contributed by atoms with van der Waals surface area (Å²) < 4.78 is 9.12. The highest BCUT2D eigenvalue weighted by Crippen LogP contribution is 2.34. The van der Waals surface area contributed by atoms with Gasteiger partial charge < -0.3 is 9.64 Å². The van der Waals surface area contributed by atoms with Gasteiger partial charge in [0.05, 0.1) is 34.0 Å². The van der Waals surface area contributed by atoms with Crippen LogP contribution in [-0.2, 0) is 18.4 Å². The zero-order chi connectivity index (χ0) is 29.5. The lowest BCUT2D eigenvalue weighted by Gasteiger charge is -2.34. The summed E-state index contributed by atoms with van der Waals surface area (Å²) in [6.07, 6.45) is 6.34. The SMILES string of the molecule is Cn1c(=O)n([C@H]2CC[C@H](N(C)C(=O)OCc3ccccc3)CC2)c2c3nc(-c4cnc5ccccc5c4)ccc3ncc21. The van der Waals surface area contributed by atoms with Crippen LogP contribution in [0.15, 0.2) is 90.0 Å². The van der Waals surface area contributed by atoms with Crippen molar-refractivity contribution in [3.63, 3.8) is 0 Å². The van der Waals surface area contributed by atoms with E-state index in [1.807, 2.05) is 77.5 Å². The van der Waals surface area contributed by atoms with Crippen LogP contribution in [0.1, 0.15) is 37.3 Å². The summed E-state index contributed by atoms with van der Waals surface area (Å²) in [5.74, 6) is 0. The molecular weight excluding hydrogens is 540 g/mol. The van der Waals surface area contributed by atoms with E-state index >= 15 is 0 Å². The minimum atomic E-state index is -0.327. The predicted octanol–water partition coefficient (Wildman–Crippen LogP) is 6.25. The van der Waals surface area contributed by atoms with Crippen LogP contribution in [-0.4, -0.2) is 48.2 Å². The fraction of sp³-hybridized carbons (Fsp3) is 0.265. The van der Waals surface area contributed by atoms with Gasteiger partial charge in [-0.25, -0.2) is 14.6 Å². The zero-order valence-electron chi connectivity index (χ0n) is 24.2. The zero-order valence-corrected chi connectivity index (χ0v) is 24.2. The molecule has 9 nitrogen and oxygen atoms in total. The number of nitrogens with zero attached hydrogens (tertiary/aromatic N) is 6. The lowest BCUT2D eigenvalue weighted by Crippen LogP contribution is -2.41. The number of amides is 1. The number of carbonyl (C=O) groups is 1. The predicted molar refractivity (Wildman–Crippen MR) is 167 cm³/mol. The minimum absolute atomic E-state index is 0.0143. The molecule has 0 bridgehead atoms. The van der Waals surface area contributed by atoms with Crippen LogP contribution in [0.4, 0.5) is 4.79 Å². The summed E-state index contributed by atoms with van der Waals surface area (Å²) in [5, 5.41) is 1.04. The largest absolute Gasteiger partial charge is 0.445 e.